The third-order valence-electron chi connectivity index (χ3n) is 3.04. The summed E-state index contributed by atoms with van der Waals surface area (Å²) in [5.74, 6) is -11.4. The molecule has 1 unspecified atom stereocenters. The lowest BCUT2D eigenvalue weighted by Crippen LogP contribution is -2.38. The fourth-order valence-corrected chi connectivity index (χ4v) is 2.23. The molecule has 0 aromatic heterocycles. The molecular formula is C12H5F9. The Hall–Kier alpha value is -1.67. The Balaban J connectivity index is 2.85. The van der Waals surface area contributed by atoms with Gasteiger partial charge in [0, 0.05) is 5.56 Å². The first-order valence-corrected chi connectivity index (χ1v) is 5.39. The lowest BCUT2D eigenvalue weighted by atomic mass is 9.78. The van der Waals surface area contributed by atoms with Crippen LogP contribution < -0.4 is 0 Å². The van der Waals surface area contributed by atoms with E-state index >= 15 is 0 Å². The van der Waals surface area contributed by atoms with Crippen LogP contribution in [0.2, 0.25) is 0 Å². The summed E-state index contributed by atoms with van der Waals surface area (Å²) in [6.45, 7) is 0. The molecule has 1 aliphatic carbocycles. The zero-order chi connectivity index (χ0) is 16.2. The first-order chi connectivity index (χ1) is 9.38. The van der Waals surface area contributed by atoms with Crippen LogP contribution in [0.5, 0.6) is 0 Å². The summed E-state index contributed by atoms with van der Waals surface area (Å²) in [4.78, 5) is 0. The average molecular weight is 320 g/mol. The Labute approximate surface area is 111 Å². The second-order valence-corrected chi connectivity index (χ2v) is 4.36. The molecule has 1 aromatic carbocycles. The second-order valence-electron chi connectivity index (χ2n) is 4.36. The van der Waals surface area contributed by atoms with Gasteiger partial charge in [-0.25, -0.2) is 4.39 Å². The monoisotopic (exact) mass is 320 g/mol. The molecule has 0 N–H and O–H groups in total. The van der Waals surface area contributed by atoms with Crippen molar-refractivity contribution >= 4 is 0 Å². The lowest BCUT2D eigenvalue weighted by Gasteiger charge is -2.34. The van der Waals surface area contributed by atoms with Crippen LogP contribution in [0.3, 0.4) is 0 Å². The highest BCUT2D eigenvalue weighted by molar-refractivity contribution is 5.50. The highest BCUT2D eigenvalue weighted by atomic mass is 19.4. The predicted octanol–water partition coefficient (Wildman–Crippen LogP) is 5.22. The van der Waals surface area contributed by atoms with E-state index < -0.39 is 46.7 Å². The minimum atomic E-state index is -5.87. The van der Waals surface area contributed by atoms with E-state index in [1.807, 2.05) is 0 Å². The van der Waals surface area contributed by atoms with E-state index in [1.54, 1.807) is 0 Å². The molecule has 9 heteroatoms. The topological polar surface area (TPSA) is 0 Å². The molecule has 2 rings (SSSR count). The molecule has 116 valence electrons. The predicted molar refractivity (Wildman–Crippen MR) is 53.3 cm³/mol. The van der Waals surface area contributed by atoms with Crippen LogP contribution in [0.15, 0.2) is 35.7 Å². The van der Waals surface area contributed by atoms with Crippen molar-refractivity contribution in [1.82, 2.24) is 0 Å². The molecule has 0 fully saturated rings. The molecule has 1 aromatic rings. The van der Waals surface area contributed by atoms with Crippen molar-refractivity contribution in [1.29, 1.82) is 0 Å². The molecular weight excluding hydrogens is 315 g/mol. The maximum absolute atomic E-state index is 13.6. The summed E-state index contributed by atoms with van der Waals surface area (Å²) in [6, 6.07) is 2.73. The van der Waals surface area contributed by atoms with Gasteiger partial charge in [-0.05, 0) is 5.56 Å². The number of hydrogen-bond donors (Lipinski definition) is 0. The van der Waals surface area contributed by atoms with Crippen molar-refractivity contribution < 1.29 is 39.5 Å². The normalized spacial score (nSPS) is 22.2. The van der Waals surface area contributed by atoms with Gasteiger partial charge in [0.1, 0.15) is 5.92 Å². The Morgan fingerprint density at radius 1 is 0.905 bits per heavy atom. The van der Waals surface area contributed by atoms with E-state index in [1.165, 1.54) is 0 Å². The van der Waals surface area contributed by atoms with Crippen molar-refractivity contribution in [3.8, 4) is 0 Å². The summed E-state index contributed by atoms with van der Waals surface area (Å²) in [5.41, 5.74) is -5.62. The van der Waals surface area contributed by atoms with Crippen LogP contribution in [-0.2, 0) is 5.92 Å². The summed E-state index contributed by atoms with van der Waals surface area (Å²) >= 11 is 0. The van der Waals surface area contributed by atoms with Crippen LogP contribution in [0.25, 0.3) is 0 Å². The number of hydrogen-bond acceptors (Lipinski definition) is 0. The number of rotatable bonds is 0. The first-order valence-electron chi connectivity index (χ1n) is 5.39. The Kier molecular flexibility index (Phi) is 3.30. The van der Waals surface area contributed by atoms with Gasteiger partial charge in [0.25, 0.3) is 0 Å². The minimum Gasteiger partial charge on any atom is -0.204 e. The van der Waals surface area contributed by atoms with E-state index in [0.717, 1.165) is 12.1 Å². The van der Waals surface area contributed by atoms with Crippen molar-refractivity contribution in [2.45, 2.75) is 24.2 Å². The van der Waals surface area contributed by atoms with E-state index in [0.29, 0.717) is 12.1 Å². The van der Waals surface area contributed by atoms with Crippen LogP contribution >= 0.6 is 0 Å². The van der Waals surface area contributed by atoms with Crippen molar-refractivity contribution in [2.75, 3.05) is 0 Å². The van der Waals surface area contributed by atoms with Gasteiger partial charge in [-0.1, -0.05) is 24.3 Å². The van der Waals surface area contributed by atoms with Crippen molar-refractivity contribution in [3.05, 3.63) is 46.8 Å². The fraction of sp³-hybridized carbons (Fsp3) is 0.333. The molecule has 1 aliphatic rings. The summed E-state index contributed by atoms with van der Waals surface area (Å²) < 4.78 is 117. The molecule has 0 bridgehead atoms. The summed E-state index contributed by atoms with van der Waals surface area (Å²) in [6.07, 6.45) is -11.4. The molecule has 0 spiro atoms. The largest absolute Gasteiger partial charge is 0.416 e. The minimum absolute atomic E-state index is 0.473. The third-order valence-corrected chi connectivity index (χ3v) is 3.04. The third kappa shape index (κ3) is 2.38. The van der Waals surface area contributed by atoms with Gasteiger partial charge in [0.05, 0.1) is 5.57 Å². The molecule has 1 atom stereocenters. The highest BCUT2D eigenvalue weighted by Gasteiger charge is 2.61. The van der Waals surface area contributed by atoms with Crippen LogP contribution in [0, 0.1) is 0 Å². The Bertz CT molecular complexity index is 591. The number of fused-ring (bicyclic) bond motifs is 1. The fourth-order valence-electron chi connectivity index (χ4n) is 2.23. The molecule has 0 aliphatic heterocycles. The Morgan fingerprint density at radius 2 is 1.43 bits per heavy atom. The smallest absolute Gasteiger partial charge is 0.204 e. The standard InChI is InChI=1S/C12H5F9/c13-9-8(12(19,20)21)7(11(16,17)18)5-3-1-2-4-6(5)10(9,14)15/h1-4,7H. The van der Waals surface area contributed by atoms with Crippen molar-refractivity contribution in [3.63, 3.8) is 0 Å². The van der Waals surface area contributed by atoms with Gasteiger partial charge < -0.3 is 0 Å². The number of benzene rings is 1. The van der Waals surface area contributed by atoms with Gasteiger partial charge in [0.15, 0.2) is 5.83 Å². The molecule has 21 heavy (non-hydrogen) atoms. The van der Waals surface area contributed by atoms with Gasteiger partial charge in [-0.3, -0.25) is 0 Å². The molecule has 0 radical (unpaired) electrons. The summed E-state index contributed by atoms with van der Waals surface area (Å²) in [5, 5.41) is 0. The zero-order valence-electron chi connectivity index (χ0n) is 9.79. The van der Waals surface area contributed by atoms with Crippen LogP contribution in [-0.4, -0.2) is 12.4 Å². The Morgan fingerprint density at radius 3 is 1.90 bits per heavy atom. The van der Waals surface area contributed by atoms with Gasteiger partial charge in [-0.2, -0.15) is 35.1 Å². The second kappa shape index (κ2) is 4.41. The SMILES string of the molecule is FC1=C(C(F)(F)F)C(C(F)(F)F)c2ccccc2C1(F)F. The average Bonchev–Trinajstić information content (AvgIpc) is 2.31. The number of halogens is 9. The molecule has 0 saturated carbocycles. The van der Waals surface area contributed by atoms with Gasteiger partial charge >= 0.3 is 18.3 Å². The van der Waals surface area contributed by atoms with E-state index in [4.69, 9.17) is 0 Å². The quantitative estimate of drug-likeness (QED) is 0.575. The van der Waals surface area contributed by atoms with Crippen LogP contribution in [0.1, 0.15) is 17.0 Å². The number of allylic oxidation sites excluding steroid dienone is 2. The number of alkyl halides is 8. The molecule has 0 saturated heterocycles. The maximum Gasteiger partial charge on any atom is 0.416 e. The van der Waals surface area contributed by atoms with Gasteiger partial charge in [-0.15, -0.1) is 0 Å². The molecule has 0 amide bonds. The lowest BCUT2D eigenvalue weighted by molar-refractivity contribution is -0.171. The first kappa shape index (κ1) is 15.7. The van der Waals surface area contributed by atoms with E-state index in [2.05, 4.69) is 0 Å². The van der Waals surface area contributed by atoms with Crippen molar-refractivity contribution in [2.24, 2.45) is 0 Å². The van der Waals surface area contributed by atoms with Gasteiger partial charge in [0.2, 0.25) is 0 Å². The van der Waals surface area contributed by atoms with Crippen LogP contribution in [0.4, 0.5) is 39.5 Å². The molecule has 0 nitrogen and oxygen atoms in total. The van der Waals surface area contributed by atoms with E-state index in [9.17, 15) is 39.5 Å². The zero-order valence-corrected chi connectivity index (χ0v) is 9.79. The summed E-state index contributed by atoms with van der Waals surface area (Å²) in [7, 11) is 0. The maximum atomic E-state index is 13.6. The highest BCUT2D eigenvalue weighted by Crippen LogP contribution is 2.57. The van der Waals surface area contributed by atoms with E-state index in [-0.39, 0.29) is 0 Å². The molecule has 0 heterocycles.